The molecule has 0 N–H and O–H groups in total. The number of thiophene rings is 1. The molecule has 29 heavy (non-hydrogen) atoms. The molecule has 3 nitrogen and oxygen atoms in total. The fraction of sp³-hybridized carbons (Fsp3) is 0.273. The van der Waals surface area contributed by atoms with E-state index in [1.165, 1.54) is 17.3 Å². The number of allylic oxidation sites excluding steroid dienone is 2. The average Bonchev–Trinajstić information content (AvgIpc) is 3.06. The van der Waals surface area contributed by atoms with Crippen molar-refractivity contribution >= 4 is 62.3 Å². The van der Waals surface area contributed by atoms with E-state index in [0.717, 1.165) is 10.5 Å². The van der Waals surface area contributed by atoms with Gasteiger partial charge in [-0.05, 0) is 40.1 Å². The maximum atomic E-state index is 13.8. The van der Waals surface area contributed by atoms with Gasteiger partial charge in [-0.15, -0.1) is 11.8 Å². The normalized spacial score (nSPS) is 36.7. The summed E-state index contributed by atoms with van der Waals surface area (Å²) in [5.74, 6) is 0.0971. The molecule has 2 aliphatic carbocycles. The van der Waals surface area contributed by atoms with Gasteiger partial charge in [-0.25, -0.2) is 0 Å². The van der Waals surface area contributed by atoms with Gasteiger partial charge in [-0.3, -0.25) is 9.59 Å². The van der Waals surface area contributed by atoms with Gasteiger partial charge in [-0.2, -0.15) is 11.3 Å². The van der Waals surface area contributed by atoms with Crippen LogP contribution in [0.25, 0.3) is 0 Å². The number of nitrogens with zero attached hydrogens (tertiary/aromatic N) is 1. The standard InChI is InChI=1S/C22H15BrClNO2S2/c23-21-8-3-4-13-17(21)19(21)25-20(27)18(29-16-6-2-1-5-14(16)24)15(26)10-22(13,25)12-7-9-28-11-12/h1-9,11,17-19H,10H2. The van der Waals surface area contributed by atoms with Crippen LogP contribution in [0.2, 0.25) is 5.02 Å². The molecule has 3 heterocycles. The number of hydrogen-bond acceptors (Lipinski definition) is 4. The summed E-state index contributed by atoms with van der Waals surface area (Å²) in [6.07, 6.45) is 6.63. The lowest BCUT2D eigenvalue weighted by Gasteiger charge is -2.48. The second-order valence-electron chi connectivity index (χ2n) is 7.88. The van der Waals surface area contributed by atoms with Crippen molar-refractivity contribution in [3.8, 4) is 0 Å². The summed E-state index contributed by atoms with van der Waals surface area (Å²) < 4.78 is -0.202. The van der Waals surface area contributed by atoms with Crippen LogP contribution in [0.3, 0.4) is 0 Å². The Kier molecular flexibility index (Phi) is 3.87. The highest BCUT2D eigenvalue weighted by Gasteiger charge is 2.79. The van der Waals surface area contributed by atoms with E-state index in [0.29, 0.717) is 11.4 Å². The molecule has 1 amide bonds. The van der Waals surface area contributed by atoms with Gasteiger partial charge in [-0.1, -0.05) is 57.9 Å². The van der Waals surface area contributed by atoms with Crippen LogP contribution >= 0.6 is 50.6 Å². The lowest BCUT2D eigenvalue weighted by molar-refractivity contribution is -0.145. The van der Waals surface area contributed by atoms with Gasteiger partial charge in [0, 0.05) is 17.2 Å². The van der Waals surface area contributed by atoms with Crippen LogP contribution in [0, 0.1) is 5.92 Å². The molecule has 5 unspecified atom stereocenters. The number of benzene rings is 1. The van der Waals surface area contributed by atoms with Crippen molar-refractivity contribution in [3.63, 3.8) is 0 Å². The Morgan fingerprint density at radius 1 is 1.24 bits per heavy atom. The number of hydrogen-bond donors (Lipinski definition) is 0. The van der Waals surface area contributed by atoms with E-state index in [2.05, 4.69) is 45.6 Å². The molecule has 1 saturated carbocycles. The Morgan fingerprint density at radius 3 is 2.83 bits per heavy atom. The highest BCUT2D eigenvalue weighted by Crippen LogP contribution is 2.73. The number of carbonyl (C=O) groups is 2. The zero-order chi connectivity index (χ0) is 20.0. The second kappa shape index (κ2) is 6.10. The summed E-state index contributed by atoms with van der Waals surface area (Å²) in [7, 11) is 0. The molecule has 146 valence electrons. The van der Waals surface area contributed by atoms with Crippen LogP contribution in [-0.2, 0) is 15.1 Å². The summed E-state index contributed by atoms with van der Waals surface area (Å²) >= 11 is 13.1. The van der Waals surface area contributed by atoms with Crippen molar-refractivity contribution in [2.45, 2.75) is 32.5 Å². The summed E-state index contributed by atoms with van der Waals surface area (Å²) in [5, 5.41) is 3.90. The van der Waals surface area contributed by atoms with Crippen LogP contribution < -0.4 is 0 Å². The average molecular weight is 505 g/mol. The van der Waals surface area contributed by atoms with E-state index in [9.17, 15) is 9.59 Å². The highest BCUT2D eigenvalue weighted by atomic mass is 79.9. The van der Waals surface area contributed by atoms with Gasteiger partial charge < -0.3 is 4.90 Å². The molecule has 3 fully saturated rings. The summed E-state index contributed by atoms with van der Waals surface area (Å²) in [6, 6.07) is 9.48. The van der Waals surface area contributed by atoms with E-state index in [4.69, 9.17) is 11.6 Å². The molecule has 7 heteroatoms. The van der Waals surface area contributed by atoms with Crippen molar-refractivity contribution in [2.24, 2.45) is 5.92 Å². The minimum Gasteiger partial charge on any atom is -0.322 e. The van der Waals surface area contributed by atoms with Crippen LogP contribution in [-0.4, -0.2) is 32.2 Å². The highest BCUT2D eigenvalue weighted by molar-refractivity contribution is 9.10. The van der Waals surface area contributed by atoms with Gasteiger partial charge in [0.1, 0.15) is 5.25 Å². The minimum absolute atomic E-state index is 0.0284. The molecule has 0 bridgehead atoms. The Morgan fingerprint density at radius 2 is 2.07 bits per heavy atom. The van der Waals surface area contributed by atoms with Gasteiger partial charge in [0.15, 0.2) is 5.78 Å². The maximum Gasteiger partial charge on any atom is 0.244 e. The van der Waals surface area contributed by atoms with Gasteiger partial charge in [0.2, 0.25) is 5.91 Å². The number of amides is 1. The zero-order valence-electron chi connectivity index (χ0n) is 15.0. The Hall–Kier alpha value is -1.34. The smallest absolute Gasteiger partial charge is 0.244 e. The predicted octanol–water partition coefficient (Wildman–Crippen LogP) is 5.20. The molecule has 2 aliphatic heterocycles. The number of carbonyl (C=O) groups excluding carboxylic acids is 2. The monoisotopic (exact) mass is 503 g/mol. The largest absolute Gasteiger partial charge is 0.322 e. The van der Waals surface area contributed by atoms with E-state index >= 15 is 0 Å². The lowest BCUT2D eigenvalue weighted by atomic mass is 9.73. The molecular weight excluding hydrogens is 490 g/mol. The number of piperidine rings is 2. The van der Waals surface area contributed by atoms with Crippen LogP contribution in [0.4, 0.5) is 0 Å². The molecule has 5 atom stereocenters. The van der Waals surface area contributed by atoms with E-state index in [1.54, 1.807) is 17.4 Å². The predicted molar refractivity (Wildman–Crippen MR) is 120 cm³/mol. The quantitative estimate of drug-likeness (QED) is 0.426. The lowest BCUT2D eigenvalue weighted by Crippen LogP contribution is -2.60. The fourth-order valence-electron chi connectivity index (χ4n) is 5.30. The number of thioether (sulfide) groups is 1. The van der Waals surface area contributed by atoms with E-state index in [1.807, 2.05) is 28.5 Å². The first-order chi connectivity index (χ1) is 14.0. The van der Waals surface area contributed by atoms with E-state index < -0.39 is 10.8 Å². The SMILES string of the molecule is O=C1CC2(c3ccsc3)C3=CC=CC4(Br)C3C4N2C(=O)C1Sc1ccccc1Cl. The van der Waals surface area contributed by atoms with Gasteiger partial charge >= 0.3 is 0 Å². The molecule has 2 saturated heterocycles. The Balaban J connectivity index is 1.47. The third-order valence-corrected chi connectivity index (χ3v) is 10.2. The number of fused-ring (bicyclic) bond motifs is 4. The molecule has 0 spiro atoms. The van der Waals surface area contributed by atoms with Crippen LogP contribution in [0.5, 0.6) is 0 Å². The Bertz CT molecular complexity index is 1130. The van der Waals surface area contributed by atoms with Crippen molar-refractivity contribution in [3.05, 3.63) is 75.5 Å². The fourth-order valence-corrected chi connectivity index (χ4v) is 8.30. The molecule has 4 aliphatic rings. The van der Waals surface area contributed by atoms with Gasteiger partial charge in [0.05, 0.1) is 20.9 Å². The molecular formula is C22H15BrClNO2S2. The number of Topliss-reactive ketones (excluding diaryl/α,β-unsaturated/α-hetero) is 1. The van der Waals surface area contributed by atoms with Gasteiger partial charge in [0.25, 0.3) is 0 Å². The second-order valence-corrected chi connectivity index (χ2v) is 11.6. The molecule has 1 aromatic carbocycles. The maximum absolute atomic E-state index is 13.8. The first-order valence-corrected chi connectivity index (χ1v) is 12.4. The van der Waals surface area contributed by atoms with Crippen molar-refractivity contribution in [2.75, 3.05) is 0 Å². The van der Waals surface area contributed by atoms with Crippen LogP contribution in [0.15, 0.2) is 69.8 Å². The van der Waals surface area contributed by atoms with Crippen molar-refractivity contribution < 1.29 is 9.59 Å². The summed E-state index contributed by atoms with van der Waals surface area (Å²) in [5.41, 5.74) is 1.58. The first-order valence-electron chi connectivity index (χ1n) is 9.37. The third-order valence-electron chi connectivity index (χ3n) is 6.53. The number of halogens is 2. The summed E-state index contributed by atoms with van der Waals surface area (Å²) in [6.45, 7) is 0. The molecule has 0 radical (unpaired) electrons. The minimum atomic E-state index is -0.762. The Labute approximate surface area is 189 Å². The number of ketones is 1. The van der Waals surface area contributed by atoms with Crippen LogP contribution in [0.1, 0.15) is 12.0 Å². The van der Waals surface area contributed by atoms with Crippen molar-refractivity contribution in [1.82, 2.24) is 4.90 Å². The number of alkyl halides is 1. The topological polar surface area (TPSA) is 37.4 Å². The molecule has 1 aromatic heterocycles. The van der Waals surface area contributed by atoms with E-state index in [-0.39, 0.29) is 28.0 Å². The first kappa shape index (κ1) is 18.4. The van der Waals surface area contributed by atoms with Crippen molar-refractivity contribution in [1.29, 1.82) is 0 Å². The summed E-state index contributed by atoms with van der Waals surface area (Å²) in [4.78, 5) is 30.0. The number of rotatable bonds is 3. The molecule has 2 aromatic rings. The molecule has 6 rings (SSSR count). The third kappa shape index (κ3) is 2.26. The zero-order valence-corrected chi connectivity index (χ0v) is 19.0.